The molecule has 1 fully saturated rings. The molecule has 0 spiro atoms. The highest BCUT2D eigenvalue weighted by Crippen LogP contribution is 2.41. The van der Waals surface area contributed by atoms with Crippen molar-refractivity contribution in [2.75, 3.05) is 0 Å². The topological polar surface area (TPSA) is 66.5 Å². The molecule has 5 nitrogen and oxygen atoms in total. The number of hydrogen-bond acceptors (Lipinski definition) is 3. The SMILES string of the molecule is O=C(N[C@H](c1ccccc1)C1CC1)c1ccc(CN2C(=O)c3ccccc3C2=O)cc1. The van der Waals surface area contributed by atoms with Gasteiger partial charge < -0.3 is 5.32 Å². The van der Waals surface area contributed by atoms with Crippen LogP contribution in [0.2, 0.25) is 0 Å². The molecule has 1 atom stereocenters. The number of nitrogens with zero attached hydrogens (tertiary/aromatic N) is 1. The van der Waals surface area contributed by atoms with E-state index in [-0.39, 0.29) is 30.3 Å². The molecular formula is C26H22N2O3. The van der Waals surface area contributed by atoms with E-state index in [4.69, 9.17) is 0 Å². The van der Waals surface area contributed by atoms with Crippen LogP contribution in [0.4, 0.5) is 0 Å². The molecule has 5 heteroatoms. The predicted octanol–water partition coefficient (Wildman–Crippen LogP) is 4.36. The molecular weight excluding hydrogens is 388 g/mol. The minimum Gasteiger partial charge on any atom is -0.345 e. The van der Waals surface area contributed by atoms with Crippen LogP contribution in [-0.4, -0.2) is 22.6 Å². The van der Waals surface area contributed by atoms with Gasteiger partial charge in [-0.3, -0.25) is 19.3 Å². The van der Waals surface area contributed by atoms with Crippen LogP contribution in [0.15, 0.2) is 78.9 Å². The Kier molecular flexibility index (Phi) is 4.86. The number of rotatable bonds is 6. The van der Waals surface area contributed by atoms with Crippen molar-refractivity contribution in [1.29, 1.82) is 0 Å². The second kappa shape index (κ2) is 7.84. The summed E-state index contributed by atoms with van der Waals surface area (Å²) in [6.07, 6.45) is 2.25. The highest BCUT2D eigenvalue weighted by atomic mass is 16.2. The summed E-state index contributed by atoms with van der Waals surface area (Å²) < 4.78 is 0. The standard InChI is InChI=1S/C26H22N2O3/c29-24(27-23(19-14-15-19)18-6-2-1-3-7-18)20-12-10-17(11-13-20)16-28-25(30)21-8-4-5-9-22(21)26(28)31/h1-13,19,23H,14-16H2,(H,27,29)/t23-/m1/s1. The van der Waals surface area contributed by atoms with Gasteiger partial charge in [-0.25, -0.2) is 0 Å². The summed E-state index contributed by atoms with van der Waals surface area (Å²) in [4.78, 5) is 39.2. The number of imide groups is 1. The van der Waals surface area contributed by atoms with Crippen molar-refractivity contribution in [2.45, 2.75) is 25.4 Å². The van der Waals surface area contributed by atoms with Crippen LogP contribution in [0.1, 0.15) is 61.1 Å². The van der Waals surface area contributed by atoms with E-state index in [0.29, 0.717) is 22.6 Å². The molecule has 3 aromatic carbocycles. The number of carbonyl (C=O) groups excluding carboxylic acids is 3. The zero-order valence-corrected chi connectivity index (χ0v) is 17.0. The van der Waals surface area contributed by atoms with Crippen LogP contribution in [0.5, 0.6) is 0 Å². The molecule has 1 N–H and O–H groups in total. The van der Waals surface area contributed by atoms with E-state index in [0.717, 1.165) is 24.0 Å². The van der Waals surface area contributed by atoms with Crippen LogP contribution in [0, 0.1) is 5.92 Å². The van der Waals surface area contributed by atoms with Crippen LogP contribution in [0.25, 0.3) is 0 Å². The summed E-state index contributed by atoms with van der Waals surface area (Å²) in [5.74, 6) is -0.192. The molecule has 3 amide bonds. The van der Waals surface area contributed by atoms with Crippen molar-refractivity contribution >= 4 is 17.7 Å². The quantitative estimate of drug-likeness (QED) is 0.614. The number of hydrogen-bond donors (Lipinski definition) is 1. The first-order chi connectivity index (χ1) is 15.1. The Morgan fingerprint density at radius 1 is 0.839 bits per heavy atom. The lowest BCUT2D eigenvalue weighted by Crippen LogP contribution is -2.30. The fourth-order valence-corrected chi connectivity index (χ4v) is 4.11. The van der Waals surface area contributed by atoms with Crippen molar-refractivity contribution in [3.8, 4) is 0 Å². The third-order valence-corrected chi connectivity index (χ3v) is 5.97. The molecule has 0 unspecified atom stereocenters. The number of fused-ring (bicyclic) bond motifs is 1. The van der Waals surface area contributed by atoms with E-state index in [1.807, 2.05) is 18.2 Å². The van der Waals surface area contributed by atoms with Gasteiger partial charge in [0.15, 0.2) is 0 Å². The lowest BCUT2D eigenvalue weighted by Gasteiger charge is -2.19. The molecule has 3 aromatic rings. The zero-order valence-electron chi connectivity index (χ0n) is 17.0. The maximum absolute atomic E-state index is 12.8. The molecule has 1 aliphatic heterocycles. The minimum atomic E-state index is -0.280. The van der Waals surface area contributed by atoms with Crippen LogP contribution in [-0.2, 0) is 6.54 Å². The summed E-state index contributed by atoms with van der Waals surface area (Å²) in [6.45, 7) is 0.183. The van der Waals surface area contributed by atoms with E-state index in [9.17, 15) is 14.4 Å². The first kappa shape index (κ1) is 19.2. The minimum absolute atomic E-state index is 0.0201. The van der Waals surface area contributed by atoms with Gasteiger partial charge in [-0.15, -0.1) is 0 Å². The smallest absolute Gasteiger partial charge is 0.261 e. The molecule has 0 radical (unpaired) electrons. The van der Waals surface area contributed by atoms with Gasteiger partial charge >= 0.3 is 0 Å². The Labute approximate surface area is 180 Å². The lowest BCUT2D eigenvalue weighted by molar-refractivity contribution is 0.0641. The maximum atomic E-state index is 12.8. The molecule has 1 heterocycles. The summed E-state index contributed by atoms with van der Waals surface area (Å²) in [6, 6.07) is 24.0. The third-order valence-electron chi connectivity index (χ3n) is 5.97. The zero-order chi connectivity index (χ0) is 21.4. The Hall–Kier alpha value is -3.73. The van der Waals surface area contributed by atoms with E-state index in [1.165, 1.54) is 4.90 Å². The van der Waals surface area contributed by atoms with Crippen LogP contribution < -0.4 is 5.32 Å². The highest BCUT2D eigenvalue weighted by Gasteiger charge is 2.35. The Bertz CT molecular complexity index is 1120. The number of benzene rings is 3. The Morgan fingerprint density at radius 2 is 1.42 bits per heavy atom. The summed E-state index contributed by atoms with van der Waals surface area (Å²) >= 11 is 0. The number of amides is 3. The fourth-order valence-electron chi connectivity index (χ4n) is 4.11. The van der Waals surface area contributed by atoms with Gasteiger partial charge in [0.1, 0.15) is 0 Å². The van der Waals surface area contributed by atoms with Gasteiger partial charge in [0.2, 0.25) is 0 Å². The van der Waals surface area contributed by atoms with Gasteiger partial charge in [0, 0.05) is 5.56 Å². The monoisotopic (exact) mass is 410 g/mol. The molecule has 1 saturated carbocycles. The first-order valence-corrected chi connectivity index (χ1v) is 10.5. The van der Waals surface area contributed by atoms with Crippen molar-refractivity contribution in [3.05, 3.63) is 107 Å². The number of nitrogens with one attached hydrogen (secondary N) is 1. The summed E-state index contributed by atoms with van der Waals surface area (Å²) in [5.41, 5.74) is 3.37. The molecule has 0 bridgehead atoms. The average molecular weight is 410 g/mol. The molecule has 2 aliphatic rings. The predicted molar refractivity (Wildman–Crippen MR) is 116 cm³/mol. The first-order valence-electron chi connectivity index (χ1n) is 10.5. The molecule has 1 aliphatic carbocycles. The maximum Gasteiger partial charge on any atom is 0.261 e. The Morgan fingerprint density at radius 3 is 2.00 bits per heavy atom. The van der Waals surface area contributed by atoms with E-state index in [1.54, 1.807) is 48.5 Å². The van der Waals surface area contributed by atoms with E-state index < -0.39 is 0 Å². The average Bonchev–Trinajstić information content (AvgIpc) is 3.63. The fraction of sp³-hybridized carbons (Fsp3) is 0.192. The molecule has 31 heavy (non-hydrogen) atoms. The van der Waals surface area contributed by atoms with Gasteiger partial charge in [-0.05, 0) is 54.2 Å². The van der Waals surface area contributed by atoms with Crippen molar-refractivity contribution < 1.29 is 14.4 Å². The second-order valence-electron chi connectivity index (χ2n) is 8.14. The van der Waals surface area contributed by atoms with E-state index >= 15 is 0 Å². The molecule has 154 valence electrons. The lowest BCUT2D eigenvalue weighted by atomic mass is 10.0. The Balaban J connectivity index is 1.28. The van der Waals surface area contributed by atoms with Crippen LogP contribution >= 0.6 is 0 Å². The van der Waals surface area contributed by atoms with Crippen molar-refractivity contribution in [1.82, 2.24) is 10.2 Å². The van der Waals surface area contributed by atoms with Crippen LogP contribution in [0.3, 0.4) is 0 Å². The molecule has 5 rings (SSSR count). The largest absolute Gasteiger partial charge is 0.345 e. The van der Waals surface area contributed by atoms with Gasteiger partial charge in [-0.2, -0.15) is 0 Å². The van der Waals surface area contributed by atoms with Crippen molar-refractivity contribution in [3.63, 3.8) is 0 Å². The second-order valence-corrected chi connectivity index (χ2v) is 8.14. The molecule has 0 saturated heterocycles. The van der Waals surface area contributed by atoms with Gasteiger partial charge in [0.05, 0.1) is 23.7 Å². The van der Waals surface area contributed by atoms with Gasteiger partial charge in [0.25, 0.3) is 17.7 Å². The highest BCUT2D eigenvalue weighted by molar-refractivity contribution is 6.21. The number of carbonyl (C=O) groups is 3. The third kappa shape index (κ3) is 3.75. The van der Waals surface area contributed by atoms with E-state index in [2.05, 4.69) is 17.4 Å². The summed E-state index contributed by atoms with van der Waals surface area (Å²) in [7, 11) is 0. The van der Waals surface area contributed by atoms with Crippen molar-refractivity contribution in [2.24, 2.45) is 5.92 Å². The normalized spacial score (nSPS) is 16.2. The van der Waals surface area contributed by atoms with Gasteiger partial charge in [-0.1, -0.05) is 54.6 Å². The summed E-state index contributed by atoms with van der Waals surface area (Å²) in [5, 5.41) is 3.17. The molecule has 0 aromatic heterocycles.